The Morgan fingerprint density at radius 1 is 1.07 bits per heavy atom. The van der Waals surface area contributed by atoms with E-state index in [9.17, 15) is 22.8 Å². The lowest BCUT2D eigenvalue weighted by molar-refractivity contribution is -0.136. The summed E-state index contributed by atoms with van der Waals surface area (Å²) < 4.78 is 34.3. The second kappa shape index (κ2) is 17.2. The molecule has 5 N–H and O–H groups in total. The normalized spacial score (nSPS) is 15.7. The molecule has 2 aliphatic heterocycles. The average Bonchev–Trinajstić information content (AvgIpc) is 3.69. The average molecular weight is 801 g/mol. The van der Waals surface area contributed by atoms with Crippen molar-refractivity contribution in [2.24, 2.45) is 0 Å². The number of unbranched alkanes of at least 4 members (excludes halogenated alkanes) is 2. The number of nitrogens with zero attached hydrogens (tertiary/aromatic N) is 3. The van der Waals surface area contributed by atoms with Crippen molar-refractivity contribution in [3.8, 4) is 5.75 Å². The Morgan fingerprint density at radius 3 is 2.61 bits per heavy atom. The van der Waals surface area contributed by atoms with Crippen molar-refractivity contribution in [3.05, 3.63) is 88.3 Å². The Labute approximate surface area is 331 Å². The van der Waals surface area contributed by atoms with Crippen molar-refractivity contribution >= 4 is 67.9 Å². The zero-order chi connectivity index (χ0) is 40.0. The molecule has 0 bridgehead atoms. The molecule has 0 spiro atoms. The lowest BCUT2D eigenvalue weighted by atomic mass is 10.0. The fraction of sp³-hybridized carbons (Fsp3) is 0.375. The number of anilines is 4. The number of ether oxygens (including phenoxy) is 1. The van der Waals surface area contributed by atoms with Crippen molar-refractivity contribution in [1.82, 2.24) is 30.2 Å². The predicted molar refractivity (Wildman–Crippen MR) is 217 cm³/mol. The molecule has 3 amide bonds. The van der Waals surface area contributed by atoms with E-state index < -0.39 is 21.6 Å². The Kier molecular flexibility index (Phi) is 12.4. The van der Waals surface area contributed by atoms with Crippen molar-refractivity contribution < 1.29 is 27.5 Å². The third-order valence-corrected chi connectivity index (χ3v) is 12.0. The van der Waals surface area contributed by atoms with Gasteiger partial charge in [0.2, 0.25) is 33.7 Å². The van der Waals surface area contributed by atoms with Gasteiger partial charge in [0, 0.05) is 69.6 Å². The Bertz CT molecular complexity index is 2220. The minimum absolute atomic E-state index is 0.00993. The molecule has 1 atom stereocenters. The van der Waals surface area contributed by atoms with E-state index in [-0.39, 0.29) is 22.6 Å². The number of sulfonamides is 1. The third-order valence-electron chi connectivity index (χ3n) is 9.25. The number of carbonyl (C=O) groups excluding carboxylic acids is 3. The number of benzene rings is 2. The number of piperidine rings is 1. The van der Waals surface area contributed by atoms with Gasteiger partial charge in [-0.25, -0.2) is 18.1 Å². The summed E-state index contributed by atoms with van der Waals surface area (Å²) in [6, 6.07) is 13.6. The molecule has 16 heteroatoms. The van der Waals surface area contributed by atoms with E-state index in [0.29, 0.717) is 56.4 Å². The van der Waals surface area contributed by atoms with Gasteiger partial charge in [-0.1, -0.05) is 12.6 Å². The van der Waals surface area contributed by atoms with E-state index >= 15 is 0 Å². The van der Waals surface area contributed by atoms with Crippen LogP contribution in [0.15, 0.2) is 71.6 Å². The number of thiophene rings is 1. The van der Waals surface area contributed by atoms with Gasteiger partial charge in [-0.2, -0.15) is 4.98 Å². The zero-order valence-electron chi connectivity index (χ0n) is 32.0. The van der Waals surface area contributed by atoms with Crippen LogP contribution in [0.3, 0.4) is 0 Å². The van der Waals surface area contributed by atoms with Crippen LogP contribution in [0.25, 0.3) is 5.70 Å². The monoisotopic (exact) mass is 800 g/mol. The molecule has 56 heavy (non-hydrogen) atoms. The first kappa shape index (κ1) is 40.3. The summed E-state index contributed by atoms with van der Waals surface area (Å²) >= 11 is 1.58. The summed E-state index contributed by atoms with van der Waals surface area (Å²) in [6.07, 6.45) is 5.28. The van der Waals surface area contributed by atoms with Crippen molar-refractivity contribution in [2.45, 2.75) is 95.8 Å². The van der Waals surface area contributed by atoms with E-state index in [1.165, 1.54) is 0 Å². The molecule has 1 saturated heterocycles. The molecule has 1 unspecified atom stereocenters. The molecular formula is C40H48N8O6S2. The van der Waals surface area contributed by atoms with Crippen molar-refractivity contribution in [3.63, 3.8) is 0 Å². The van der Waals surface area contributed by atoms with Gasteiger partial charge in [-0.3, -0.25) is 19.7 Å². The highest BCUT2D eigenvalue weighted by atomic mass is 32.2. The van der Waals surface area contributed by atoms with Gasteiger partial charge in [0.15, 0.2) is 0 Å². The molecule has 0 saturated carbocycles. The molecule has 4 aromatic rings. The molecule has 296 valence electrons. The van der Waals surface area contributed by atoms with Crippen LogP contribution in [0, 0.1) is 6.92 Å². The van der Waals surface area contributed by atoms with Crippen LogP contribution < -0.4 is 30.7 Å². The maximum absolute atomic E-state index is 12.8. The van der Waals surface area contributed by atoms with Crippen LogP contribution in [0.5, 0.6) is 5.75 Å². The van der Waals surface area contributed by atoms with E-state index in [1.807, 2.05) is 41.5 Å². The molecule has 2 aromatic heterocycles. The smallest absolute Gasteiger partial charge is 0.249 e. The number of fused-ring (bicyclic) bond motifs is 1. The molecule has 0 radical (unpaired) electrons. The number of nitrogens with one attached hydrogen (secondary N) is 5. The van der Waals surface area contributed by atoms with Gasteiger partial charge >= 0.3 is 0 Å². The molecule has 4 heterocycles. The number of imide groups is 1. The number of carbonyl (C=O) groups is 3. The molecule has 14 nitrogen and oxygen atoms in total. The standard InChI is InChI=1S/C40H48N8O6S2/c1-25-21-42-39(46-37(25)43-28-10-9-11-30(20-28)56(52,53)47-40(3,4)5)44-27-13-15-29(16-14-27)54-19-8-6-7-12-35(49)41-22-34-31-23-48(26(2)32(31)24-55-34)33-17-18-36(50)45-38(33)51/h9-11,13-16,20-21,24,33,47H,2,6-8,12,17-19,22-23H2,1,3-5H3,(H,41,49)(H,45,50,51)(H2,42,43,44,46). The fourth-order valence-corrected chi connectivity index (χ4v) is 8.91. The van der Waals surface area contributed by atoms with Crippen LogP contribution in [0.2, 0.25) is 0 Å². The van der Waals surface area contributed by atoms with Crippen molar-refractivity contribution in [2.75, 3.05) is 17.2 Å². The Hall–Kier alpha value is -5.32. The van der Waals surface area contributed by atoms with Gasteiger partial charge < -0.3 is 25.6 Å². The number of rotatable bonds is 16. The van der Waals surface area contributed by atoms with Crippen LogP contribution in [0.1, 0.15) is 80.9 Å². The molecule has 0 aliphatic carbocycles. The van der Waals surface area contributed by atoms with Crippen LogP contribution in [0.4, 0.5) is 23.1 Å². The number of hydrogen-bond donors (Lipinski definition) is 5. The summed E-state index contributed by atoms with van der Waals surface area (Å²) in [5.74, 6) is 1.09. The van der Waals surface area contributed by atoms with Crippen LogP contribution in [-0.2, 0) is 37.5 Å². The van der Waals surface area contributed by atoms with E-state index in [2.05, 4.69) is 42.5 Å². The molecule has 1 fully saturated rings. The summed E-state index contributed by atoms with van der Waals surface area (Å²) in [5, 5.41) is 13.9. The third kappa shape index (κ3) is 10.3. The zero-order valence-corrected chi connectivity index (χ0v) is 33.7. The van der Waals surface area contributed by atoms with Crippen LogP contribution in [-0.4, -0.2) is 59.2 Å². The topological polar surface area (TPSA) is 184 Å². The van der Waals surface area contributed by atoms with E-state index in [4.69, 9.17) is 4.74 Å². The van der Waals surface area contributed by atoms with Gasteiger partial charge in [-0.05, 0) is 101 Å². The molecule has 6 rings (SSSR count). The van der Waals surface area contributed by atoms with E-state index in [0.717, 1.165) is 58.0 Å². The largest absolute Gasteiger partial charge is 0.494 e. The minimum Gasteiger partial charge on any atom is -0.494 e. The molecule has 2 aliphatic rings. The lowest BCUT2D eigenvalue weighted by Crippen LogP contribution is -2.50. The minimum atomic E-state index is -3.70. The SMILES string of the molecule is C=C1c2csc(CNC(=O)CCCCCOc3ccc(Nc4ncc(C)c(Nc5cccc(S(=O)(=O)NC(C)(C)C)c5)n4)cc3)c2CN1C1CCC(=O)NC1=O. The highest BCUT2D eigenvalue weighted by Crippen LogP contribution is 2.40. The highest BCUT2D eigenvalue weighted by molar-refractivity contribution is 7.89. The first-order valence-electron chi connectivity index (χ1n) is 18.6. The first-order valence-corrected chi connectivity index (χ1v) is 20.9. The number of hydrogen-bond acceptors (Lipinski definition) is 12. The maximum Gasteiger partial charge on any atom is 0.249 e. The van der Waals surface area contributed by atoms with Gasteiger partial charge in [0.05, 0.1) is 18.0 Å². The molecule has 2 aromatic carbocycles. The van der Waals surface area contributed by atoms with Gasteiger partial charge in [0.25, 0.3) is 0 Å². The Balaban J connectivity index is 0.897. The number of aryl methyl sites for hydroxylation is 1. The predicted octanol–water partition coefficient (Wildman–Crippen LogP) is 6.26. The Morgan fingerprint density at radius 2 is 1.86 bits per heavy atom. The van der Waals surface area contributed by atoms with Gasteiger partial charge in [0.1, 0.15) is 17.6 Å². The van der Waals surface area contributed by atoms with Crippen LogP contribution >= 0.6 is 11.3 Å². The molecular weight excluding hydrogens is 753 g/mol. The maximum atomic E-state index is 12.8. The summed E-state index contributed by atoms with van der Waals surface area (Å²) in [5.41, 5.74) is 4.39. The summed E-state index contributed by atoms with van der Waals surface area (Å²) in [6.45, 7) is 12.9. The number of amides is 3. The summed E-state index contributed by atoms with van der Waals surface area (Å²) in [4.78, 5) is 48.8. The lowest BCUT2D eigenvalue weighted by Gasteiger charge is -2.31. The second-order valence-electron chi connectivity index (χ2n) is 14.9. The van der Waals surface area contributed by atoms with E-state index in [1.54, 1.807) is 62.6 Å². The number of aromatic nitrogens is 2. The van der Waals surface area contributed by atoms with Crippen molar-refractivity contribution in [1.29, 1.82) is 0 Å². The highest BCUT2D eigenvalue weighted by Gasteiger charge is 2.37. The fourth-order valence-electron chi connectivity index (χ4n) is 6.44. The quantitative estimate of drug-likeness (QED) is 0.0637. The second-order valence-corrected chi connectivity index (χ2v) is 17.6. The summed E-state index contributed by atoms with van der Waals surface area (Å²) in [7, 11) is -3.70. The van der Waals surface area contributed by atoms with Gasteiger partial charge in [-0.15, -0.1) is 11.3 Å². The first-order chi connectivity index (χ1) is 26.6.